The number of methoxy groups -OCH3 is 1. The number of ether oxygens (including phenoxy) is 2. The van der Waals surface area contributed by atoms with Gasteiger partial charge in [-0.15, -0.1) is 0 Å². The van der Waals surface area contributed by atoms with Gasteiger partial charge in [0.15, 0.2) is 17.5 Å². The molecule has 1 saturated heterocycles. The maximum atomic E-state index is 6.37. The summed E-state index contributed by atoms with van der Waals surface area (Å²) in [5.41, 5.74) is 2.40. The van der Waals surface area contributed by atoms with Gasteiger partial charge in [-0.1, -0.05) is 30.3 Å². The second kappa shape index (κ2) is 11.1. The molecule has 0 bridgehead atoms. The van der Waals surface area contributed by atoms with Gasteiger partial charge in [0.25, 0.3) is 0 Å². The van der Waals surface area contributed by atoms with E-state index in [1.165, 1.54) is 18.5 Å². The van der Waals surface area contributed by atoms with E-state index in [4.69, 9.17) is 9.47 Å². The number of piperidine rings is 1. The third-order valence-electron chi connectivity index (χ3n) is 6.49. The predicted octanol–water partition coefficient (Wildman–Crippen LogP) is 4.35. The van der Waals surface area contributed by atoms with Crippen LogP contribution in [-0.2, 0) is 6.54 Å². The van der Waals surface area contributed by atoms with Crippen LogP contribution in [0.3, 0.4) is 0 Å². The zero-order valence-electron chi connectivity index (χ0n) is 19.3. The third kappa shape index (κ3) is 5.67. The molecule has 2 N–H and O–H groups in total. The summed E-state index contributed by atoms with van der Waals surface area (Å²) in [7, 11) is 3.53. The summed E-state index contributed by atoms with van der Waals surface area (Å²) in [4.78, 5) is 6.91. The van der Waals surface area contributed by atoms with E-state index in [9.17, 15) is 0 Å². The summed E-state index contributed by atoms with van der Waals surface area (Å²) in [6.45, 7) is 2.74. The quantitative estimate of drug-likeness (QED) is 0.499. The third-order valence-corrected chi connectivity index (χ3v) is 6.49. The molecule has 6 nitrogen and oxygen atoms in total. The molecule has 4 rings (SSSR count). The number of para-hydroxylation sites is 2. The van der Waals surface area contributed by atoms with Crippen LogP contribution in [0.2, 0.25) is 0 Å². The SMILES string of the molecule is CN=C(NCc1cccc(OC)c1OC1CCCC1)NC1CCN(c2ccccc2)CC1. The average molecular weight is 437 g/mol. The van der Waals surface area contributed by atoms with Gasteiger partial charge in [0, 0.05) is 44.0 Å². The normalized spacial score (nSPS) is 17.9. The molecule has 0 aromatic heterocycles. The zero-order valence-corrected chi connectivity index (χ0v) is 19.3. The molecule has 2 aromatic rings. The Morgan fingerprint density at radius 1 is 1.00 bits per heavy atom. The highest BCUT2D eigenvalue weighted by molar-refractivity contribution is 5.80. The molecule has 2 aliphatic rings. The molecule has 0 spiro atoms. The second-order valence-corrected chi connectivity index (χ2v) is 8.64. The number of rotatable bonds is 7. The van der Waals surface area contributed by atoms with Crippen LogP contribution >= 0.6 is 0 Å². The van der Waals surface area contributed by atoms with E-state index >= 15 is 0 Å². The van der Waals surface area contributed by atoms with Crippen LogP contribution in [0.25, 0.3) is 0 Å². The molecule has 6 heteroatoms. The number of guanidine groups is 1. The van der Waals surface area contributed by atoms with Gasteiger partial charge in [-0.2, -0.15) is 0 Å². The molecule has 2 fully saturated rings. The van der Waals surface area contributed by atoms with Crippen molar-refractivity contribution in [3.63, 3.8) is 0 Å². The minimum Gasteiger partial charge on any atom is -0.493 e. The van der Waals surface area contributed by atoms with Crippen LogP contribution in [-0.4, -0.2) is 45.4 Å². The average Bonchev–Trinajstić information content (AvgIpc) is 3.36. The number of benzene rings is 2. The fourth-order valence-electron chi connectivity index (χ4n) is 4.66. The van der Waals surface area contributed by atoms with E-state index in [2.05, 4.69) is 56.9 Å². The van der Waals surface area contributed by atoms with Crippen molar-refractivity contribution in [2.75, 3.05) is 32.1 Å². The number of hydrogen-bond donors (Lipinski definition) is 2. The Morgan fingerprint density at radius 2 is 1.75 bits per heavy atom. The number of nitrogens with zero attached hydrogens (tertiary/aromatic N) is 2. The van der Waals surface area contributed by atoms with Gasteiger partial charge in [-0.25, -0.2) is 0 Å². The molecule has 172 valence electrons. The number of hydrogen-bond acceptors (Lipinski definition) is 4. The minimum absolute atomic E-state index is 0.289. The van der Waals surface area contributed by atoms with Crippen molar-refractivity contribution >= 4 is 11.6 Å². The van der Waals surface area contributed by atoms with Crippen LogP contribution in [0.5, 0.6) is 11.5 Å². The molecular weight excluding hydrogens is 400 g/mol. The Hall–Kier alpha value is -2.89. The van der Waals surface area contributed by atoms with Gasteiger partial charge in [0.1, 0.15) is 0 Å². The van der Waals surface area contributed by atoms with E-state index in [0.717, 1.165) is 61.8 Å². The summed E-state index contributed by atoms with van der Waals surface area (Å²) in [5.74, 6) is 2.49. The Labute approximate surface area is 192 Å². The van der Waals surface area contributed by atoms with Crippen LogP contribution in [0.1, 0.15) is 44.1 Å². The zero-order chi connectivity index (χ0) is 22.2. The number of nitrogens with one attached hydrogen (secondary N) is 2. The fraction of sp³-hybridized carbons (Fsp3) is 0.500. The highest BCUT2D eigenvalue weighted by atomic mass is 16.5. The monoisotopic (exact) mass is 436 g/mol. The van der Waals surface area contributed by atoms with E-state index in [1.54, 1.807) is 7.11 Å². The molecule has 0 unspecified atom stereocenters. The number of anilines is 1. The van der Waals surface area contributed by atoms with Crippen molar-refractivity contribution in [3.8, 4) is 11.5 Å². The lowest BCUT2D eigenvalue weighted by Crippen LogP contribution is -2.48. The molecule has 1 heterocycles. The first kappa shape index (κ1) is 22.3. The van der Waals surface area contributed by atoms with Gasteiger partial charge in [0.05, 0.1) is 13.2 Å². The first-order valence-electron chi connectivity index (χ1n) is 11.9. The van der Waals surface area contributed by atoms with Crippen molar-refractivity contribution in [2.24, 2.45) is 4.99 Å². The Morgan fingerprint density at radius 3 is 2.44 bits per heavy atom. The lowest BCUT2D eigenvalue weighted by atomic mass is 10.0. The van der Waals surface area contributed by atoms with E-state index in [1.807, 2.05) is 19.2 Å². The predicted molar refractivity (Wildman–Crippen MR) is 131 cm³/mol. The highest BCUT2D eigenvalue weighted by Crippen LogP contribution is 2.34. The van der Waals surface area contributed by atoms with Gasteiger partial charge in [0.2, 0.25) is 0 Å². The Kier molecular flexibility index (Phi) is 7.75. The molecule has 1 aliphatic heterocycles. The number of aliphatic imine (C=N–C) groups is 1. The molecule has 0 amide bonds. The summed E-state index contributed by atoms with van der Waals surface area (Å²) >= 11 is 0. The van der Waals surface area contributed by atoms with Gasteiger partial charge >= 0.3 is 0 Å². The topological polar surface area (TPSA) is 58.1 Å². The summed E-state index contributed by atoms with van der Waals surface area (Å²) in [6, 6.07) is 17.2. The second-order valence-electron chi connectivity index (χ2n) is 8.64. The van der Waals surface area contributed by atoms with Crippen molar-refractivity contribution in [1.82, 2.24) is 10.6 Å². The lowest BCUT2D eigenvalue weighted by molar-refractivity contribution is 0.198. The largest absolute Gasteiger partial charge is 0.493 e. The van der Waals surface area contributed by atoms with Gasteiger partial charge in [-0.05, 0) is 56.7 Å². The Balaban J connectivity index is 1.32. The molecule has 1 saturated carbocycles. The van der Waals surface area contributed by atoms with Gasteiger partial charge in [-0.3, -0.25) is 4.99 Å². The molecule has 2 aromatic carbocycles. The lowest BCUT2D eigenvalue weighted by Gasteiger charge is -2.34. The maximum Gasteiger partial charge on any atom is 0.191 e. The van der Waals surface area contributed by atoms with E-state index in [0.29, 0.717) is 12.6 Å². The fourth-order valence-corrected chi connectivity index (χ4v) is 4.66. The molecule has 1 aliphatic carbocycles. The van der Waals surface area contributed by atoms with Crippen LogP contribution in [0, 0.1) is 0 Å². The highest BCUT2D eigenvalue weighted by Gasteiger charge is 2.22. The summed E-state index contributed by atoms with van der Waals surface area (Å²) in [6.07, 6.45) is 7.19. The standard InChI is InChI=1S/C26H36N4O2/c1-27-26(29-21-15-17-30(18-16-21)22-10-4-3-5-11-22)28-19-20-9-8-14-24(31-2)25(20)32-23-12-6-7-13-23/h3-5,8-11,14,21,23H,6-7,12-13,15-19H2,1-2H3,(H2,27,28,29). The maximum absolute atomic E-state index is 6.37. The summed E-state index contributed by atoms with van der Waals surface area (Å²) in [5, 5.41) is 7.09. The van der Waals surface area contributed by atoms with E-state index in [-0.39, 0.29) is 6.10 Å². The van der Waals surface area contributed by atoms with Crippen LogP contribution < -0.4 is 25.0 Å². The molecule has 0 atom stereocenters. The molecular formula is C26H36N4O2. The first-order valence-corrected chi connectivity index (χ1v) is 11.9. The molecule has 0 radical (unpaired) electrons. The minimum atomic E-state index is 0.289. The Bertz CT molecular complexity index is 873. The van der Waals surface area contributed by atoms with Crippen LogP contribution in [0.4, 0.5) is 5.69 Å². The first-order chi connectivity index (χ1) is 15.8. The van der Waals surface area contributed by atoms with Crippen molar-refractivity contribution in [3.05, 3.63) is 54.1 Å². The summed E-state index contributed by atoms with van der Waals surface area (Å²) < 4.78 is 12.0. The van der Waals surface area contributed by atoms with Crippen molar-refractivity contribution in [2.45, 2.75) is 57.2 Å². The van der Waals surface area contributed by atoms with Crippen molar-refractivity contribution < 1.29 is 9.47 Å². The smallest absolute Gasteiger partial charge is 0.191 e. The molecule has 32 heavy (non-hydrogen) atoms. The van der Waals surface area contributed by atoms with Crippen LogP contribution in [0.15, 0.2) is 53.5 Å². The van der Waals surface area contributed by atoms with Crippen molar-refractivity contribution in [1.29, 1.82) is 0 Å². The van der Waals surface area contributed by atoms with E-state index < -0.39 is 0 Å². The van der Waals surface area contributed by atoms with Gasteiger partial charge < -0.3 is 25.0 Å².